The number of methoxy groups -OCH3 is 2. The molecule has 2 rings (SSSR count). The molecular weight excluding hydrogens is 294 g/mol. The highest BCUT2D eigenvalue weighted by Crippen LogP contribution is 2.19. The molecule has 0 fully saturated rings. The number of hydrogen-bond acceptors (Lipinski definition) is 4. The number of benzene rings is 1. The lowest BCUT2D eigenvalue weighted by atomic mass is 10.1. The fourth-order valence-corrected chi connectivity index (χ4v) is 2.40. The molecule has 5 nitrogen and oxygen atoms in total. The van der Waals surface area contributed by atoms with Crippen molar-refractivity contribution in [3.05, 3.63) is 45.2 Å². The molecule has 0 unspecified atom stereocenters. The van der Waals surface area contributed by atoms with Gasteiger partial charge >= 0.3 is 5.97 Å². The molecule has 112 valence electrons. The lowest BCUT2D eigenvalue weighted by Gasteiger charge is -2.15. The van der Waals surface area contributed by atoms with Crippen molar-refractivity contribution in [3.63, 3.8) is 0 Å². The van der Waals surface area contributed by atoms with Crippen molar-refractivity contribution in [2.24, 2.45) is 0 Å². The van der Waals surface area contributed by atoms with Crippen molar-refractivity contribution in [2.45, 2.75) is 13.0 Å². The van der Waals surface area contributed by atoms with Crippen molar-refractivity contribution in [1.29, 1.82) is 0 Å². The number of halogens is 1. The van der Waals surface area contributed by atoms with Crippen LogP contribution in [0, 0.1) is 0 Å². The summed E-state index contributed by atoms with van der Waals surface area (Å²) in [6.45, 7) is 1.10. The Morgan fingerprint density at radius 3 is 2.71 bits per heavy atom. The number of aryl methyl sites for hydroxylation is 1. The van der Waals surface area contributed by atoms with E-state index in [1.807, 2.05) is 0 Å². The number of rotatable bonds is 5. The summed E-state index contributed by atoms with van der Waals surface area (Å²) in [5.74, 6) is -0.540. The van der Waals surface area contributed by atoms with Gasteiger partial charge in [0.25, 0.3) is 0 Å². The molecule has 1 aromatic carbocycles. The first-order valence-electron chi connectivity index (χ1n) is 6.49. The zero-order chi connectivity index (χ0) is 15.4. The van der Waals surface area contributed by atoms with E-state index in [0.29, 0.717) is 35.5 Å². The molecule has 0 amide bonds. The van der Waals surface area contributed by atoms with Crippen LogP contribution in [0.25, 0.3) is 10.9 Å². The van der Waals surface area contributed by atoms with Crippen molar-refractivity contribution >= 4 is 28.5 Å². The maximum absolute atomic E-state index is 12.1. The van der Waals surface area contributed by atoms with E-state index < -0.39 is 5.97 Å². The Morgan fingerprint density at radius 1 is 1.29 bits per heavy atom. The normalized spacial score (nSPS) is 10.8. The van der Waals surface area contributed by atoms with Gasteiger partial charge < -0.3 is 14.0 Å². The maximum Gasteiger partial charge on any atom is 0.354 e. The van der Waals surface area contributed by atoms with Crippen LogP contribution in [-0.2, 0) is 16.0 Å². The van der Waals surface area contributed by atoms with Gasteiger partial charge in [0, 0.05) is 36.7 Å². The Hall–Kier alpha value is -1.85. The zero-order valence-electron chi connectivity index (χ0n) is 11.9. The van der Waals surface area contributed by atoms with E-state index >= 15 is 0 Å². The fourth-order valence-electron chi connectivity index (χ4n) is 2.23. The third kappa shape index (κ3) is 3.25. The number of esters is 1. The SMILES string of the molecule is COCCCn1c(C(=O)OC)cc(=O)c2cc(Cl)ccc21. The Labute approximate surface area is 127 Å². The van der Waals surface area contributed by atoms with E-state index in [-0.39, 0.29) is 11.1 Å². The predicted molar refractivity (Wildman–Crippen MR) is 81.1 cm³/mol. The summed E-state index contributed by atoms with van der Waals surface area (Å²) in [5, 5.41) is 0.960. The molecule has 6 heteroatoms. The van der Waals surface area contributed by atoms with Crippen LogP contribution in [0.5, 0.6) is 0 Å². The number of nitrogens with zero attached hydrogens (tertiary/aromatic N) is 1. The van der Waals surface area contributed by atoms with E-state index in [0.717, 1.165) is 0 Å². The molecule has 0 N–H and O–H groups in total. The summed E-state index contributed by atoms with van der Waals surface area (Å²) in [5.41, 5.74) is 0.632. The topological polar surface area (TPSA) is 57.5 Å². The van der Waals surface area contributed by atoms with Crippen LogP contribution in [0.4, 0.5) is 0 Å². The number of carbonyl (C=O) groups excluding carboxylic acids is 1. The smallest absolute Gasteiger partial charge is 0.354 e. The highest BCUT2D eigenvalue weighted by Gasteiger charge is 2.15. The van der Waals surface area contributed by atoms with Gasteiger partial charge in [0.1, 0.15) is 5.69 Å². The van der Waals surface area contributed by atoms with E-state index in [1.165, 1.54) is 13.2 Å². The van der Waals surface area contributed by atoms with Crippen molar-refractivity contribution in [2.75, 3.05) is 20.8 Å². The van der Waals surface area contributed by atoms with Crippen LogP contribution < -0.4 is 5.43 Å². The maximum atomic E-state index is 12.1. The monoisotopic (exact) mass is 309 g/mol. The highest BCUT2D eigenvalue weighted by molar-refractivity contribution is 6.31. The third-order valence-corrected chi connectivity index (χ3v) is 3.43. The van der Waals surface area contributed by atoms with Crippen LogP contribution in [0.3, 0.4) is 0 Å². The first-order valence-corrected chi connectivity index (χ1v) is 6.86. The molecular formula is C15H16ClNO4. The van der Waals surface area contributed by atoms with E-state index in [4.69, 9.17) is 21.1 Å². The van der Waals surface area contributed by atoms with Crippen LogP contribution in [0.15, 0.2) is 29.1 Å². The van der Waals surface area contributed by atoms with Crippen molar-refractivity contribution in [1.82, 2.24) is 4.57 Å². The second-order valence-corrected chi connectivity index (χ2v) is 4.98. The molecule has 0 aliphatic rings. The lowest BCUT2D eigenvalue weighted by molar-refractivity contribution is 0.0587. The average Bonchev–Trinajstić information content (AvgIpc) is 2.48. The van der Waals surface area contributed by atoms with Gasteiger partial charge in [-0.2, -0.15) is 0 Å². The first kappa shape index (κ1) is 15.5. The van der Waals surface area contributed by atoms with Crippen LogP contribution >= 0.6 is 11.6 Å². The Morgan fingerprint density at radius 2 is 2.05 bits per heavy atom. The van der Waals surface area contributed by atoms with Gasteiger partial charge in [0.2, 0.25) is 0 Å². The molecule has 1 heterocycles. The highest BCUT2D eigenvalue weighted by atomic mass is 35.5. The van der Waals surface area contributed by atoms with Crippen LogP contribution in [-0.4, -0.2) is 31.4 Å². The molecule has 0 saturated heterocycles. The molecule has 0 saturated carbocycles. The van der Waals surface area contributed by atoms with Gasteiger partial charge in [-0.15, -0.1) is 0 Å². The number of hydrogen-bond donors (Lipinski definition) is 0. The summed E-state index contributed by atoms with van der Waals surface area (Å²) in [6.07, 6.45) is 0.709. The summed E-state index contributed by atoms with van der Waals surface area (Å²) in [4.78, 5) is 24.0. The second kappa shape index (κ2) is 6.74. The van der Waals surface area contributed by atoms with Gasteiger partial charge in [-0.05, 0) is 24.6 Å². The Balaban J connectivity index is 2.65. The molecule has 0 spiro atoms. The van der Waals surface area contributed by atoms with Gasteiger partial charge in [-0.1, -0.05) is 11.6 Å². The molecule has 2 aromatic rings. The quantitative estimate of drug-likeness (QED) is 0.629. The van der Waals surface area contributed by atoms with Crippen LogP contribution in [0.1, 0.15) is 16.9 Å². The Bertz CT molecular complexity index is 723. The average molecular weight is 310 g/mol. The van der Waals surface area contributed by atoms with E-state index in [9.17, 15) is 9.59 Å². The van der Waals surface area contributed by atoms with E-state index in [1.54, 1.807) is 29.9 Å². The predicted octanol–water partition coefficient (Wildman–Crippen LogP) is 2.48. The summed E-state index contributed by atoms with van der Waals surface area (Å²) in [6, 6.07) is 6.32. The van der Waals surface area contributed by atoms with Crippen molar-refractivity contribution < 1.29 is 14.3 Å². The number of fused-ring (bicyclic) bond motifs is 1. The third-order valence-electron chi connectivity index (χ3n) is 3.20. The number of pyridine rings is 1. The van der Waals surface area contributed by atoms with Gasteiger partial charge in [-0.3, -0.25) is 4.79 Å². The van der Waals surface area contributed by atoms with Gasteiger partial charge in [0.15, 0.2) is 5.43 Å². The zero-order valence-corrected chi connectivity index (χ0v) is 12.6. The largest absolute Gasteiger partial charge is 0.464 e. The molecule has 0 radical (unpaired) electrons. The molecule has 0 aliphatic carbocycles. The number of aromatic nitrogens is 1. The number of ether oxygens (including phenoxy) is 2. The lowest BCUT2D eigenvalue weighted by Crippen LogP contribution is -2.20. The van der Waals surface area contributed by atoms with Crippen LogP contribution in [0.2, 0.25) is 5.02 Å². The minimum Gasteiger partial charge on any atom is -0.464 e. The van der Waals surface area contributed by atoms with Gasteiger partial charge in [-0.25, -0.2) is 4.79 Å². The molecule has 0 bridgehead atoms. The minimum atomic E-state index is -0.540. The fraction of sp³-hybridized carbons (Fsp3) is 0.333. The van der Waals surface area contributed by atoms with Crippen molar-refractivity contribution in [3.8, 4) is 0 Å². The molecule has 0 atom stereocenters. The van der Waals surface area contributed by atoms with Gasteiger partial charge in [0.05, 0.1) is 12.6 Å². The standard InChI is InChI=1S/C15H16ClNO4/c1-20-7-3-6-17-12-5-4-10(16)8-11(12)14(18)9-13(17)15(19)21-2/h4-5,8-9H,3,6-7H2,1-2H3. The second-order valence-electron chi connectivity index (χ2n) is 4.54. The Kier molecular flexibility index (Phi) is 4.98. The minimum absolute atomic E-state index is 0.230. The summed E-state index contributed by atoms with van der Waals surface area (Å²) < 4.78 is 11.5. The number of carbonyl (C=O) groups is 1. The summed E-state index contributed by atoms with van der Waals surface area (Å²) >= 11 is 5.94. The summed E-state index contributed by atoms with van der Waals surface area (Å²) in [7, 11) is 2.91. The molecule has 0 aliphatic heterocycles. The first-order chi connectivity index (χ1) is 10.1. The molecule has 21 heavy (non-hydrogen) atoms. The van der Waals surface area contributed by atoms with E-state index in [2.05, 4.69) is 0 Å². The molecule has 1 aromatic heterocycles.